The van der Waals surface area contributed by atoms with E-state index in [4.69, 9.17) is 0 Å². The highest BCUT2D eigenvalue weighted by Crippen LogP contribution is 2.32. The number of carbonyl (C=O) groups is 1. The highest BCUT2D eigenvalue weighted by atomic mass is 16.1. The van der Waals surface area contributed by atoms with Crippen LogP contribution in [0.3, 0.4) is 0 Å². The number of hydrogen-bond acceptors (Lipinski definition) is 2. The lowest BCUT2D eigenvalue weighted by Gasteiger charge is -2.24. The van der Waals surface area contributed by atoms with Gasteiger partial charge in [-0.2, -0.15) is 5.10 Å². The van der Waals surface area contributed by atoms with Gasteiger partial charge in [0.25, 0.3) is 0 Å². The lowest BCUT2D eigenvalue weighted by atomic mass is 9.91. The van der Waals surface area contributed by atoms with Gasteiger partial charge in [0.15, 0.2) is 0 Å². The molecule has 0 aliphatic heterocycles. The molecule has 1 aromatic carbocycles. The Hall–Kier alpha value is -2.56. The van der Waals surface area contributed by atoms with Gasteiger partial charge in [0.2, 0.25) is 5.91 Å². The van der Waals surface area contributed by atoms with E-state index in [-0.39, 0.29) is 11.9 Å². The Morgan fingerprint density at radius 3 is 3.12 bits per heavy atom. The molecule has 0 fully saturated rings. The molecule has 1 atom stereocenters. The summed E-state index contributed by atoms with van der Waals surface area (Å²) in [7, 11) is 1.99. The van der Waals surface area contributed by atoms with E-state index in [1.807, 2.05) is 43.0 Å². The summed E-state index contributed by atoms with van der Waals surface area (Å²) >= 11 is 0. The average Bonchev–Trinajstić information content (AvgIpc) is 3.10. The van der Waals surface area contributed by atoms with E-state index in [2.05, 4.69) is 21.5 Å². The van der Waals surface area contributed by atoms with Gasteiger partial charge in [-0.3, -0.25) is 9.48 Å². The summed E-state index contributed by atoms with van der Waals surface area (Å²) in [6.07, 6.45) is 5.45. The number of fused-ring (bicyclic) bond motifs is 2. The van der Waals surface area contributed by atoms with Gasteiger partial charge in [-0.25, -0.2) is 0 Å². The van der Waals surface area contributed by atoms with Gasteiger partial charge in [-0.15, -0.1) is 0 Å². The van der Waals surface area contributed by atoms with Crippen LogP contribution < -0.4 is 5.32 Å². The molecule has 1 amide bonds. The number of H-pyrrole nitrogens is 1. The molecule has 1 unspecified atom stereocenters. The standard InChI is InChI=1S/C19H22N4O/c1-12-19-16(8-5-9-17(19)23(2)22-12)21-18(24)10-13-11-20-15-7-4-3-6-14(13)15/h3-4,6-7,11,16,20H,5,8-10H2,1-2H3,(H,21,24). The maximum Gasteiger partial charge on any atom is 0.224 e. The Morgan fingerprint density at radius 2 is 2.25 bits per heavy atom. The first-order valence-corrected chi connectivity index (χ1v) is 8.50. The van der Waals surface area contributed by atoms with Gasteiger partial charge in [0.05, 0.1) is 18.2 Å². The number of benzene rings is 1. The molecule has 124 valence electrons. The van der Waals surface area contributed by atoms with Crippen LogP contribution in [-0.2, 0) is 24.7 Å². The molecule has 0 bridgehead atoms. The van der Waals surface area contributed by atoms with Crippen molar-refractivity contribution in [3.63, 3.8) is 0 Å². The van der Waals surface area contributed by atoms with Crippen LogP contribution in [0.4, 0.5) is 0 Å². The van der Waals surface area contributed by atoms with Gasteiger partial charge < -0.3 is 10.3 Å². The molecule has 2 aromatic heterocycles. The van der Waals surface area contributed by atoms with Crippen LogP contribution in [0, 0.1) is 6.92 Å². The van der Waals surface area contributed by atoms with E-state index in [1.165, 1.54) is 11.3 Å². The second-order valence-corrected chi connectivity index (χ2v) is 6.62. The molecule has 1 aliphatic rings. The summed E-state index contributed by atoms with van der Waals surface area (Å²) in [5.74, 6) is 0.0702. The number of aryl methyl sites for hydroxylation is 2. The molecule has 4 rings (SSSR count). The highest BCUT2D eigenvalue weighted by Gasteiger charge is 2.27. The number of aromatic nitrogens is 3. The maximum absolute atomic E-state index is 12.6. The third-order valence-corrected chi connectivity index (χ3v) is 5.01. The van der Waals surface area contributed by atoms with E-state index in [0.29, 0.717) is 6.42 Å². The second-order valence-electron chi connectivity index (χ2n) is 6.62. The lowest BCUT2D eigenvalue weighted by Crippen LogP contribution is -2.32. The van der Waals surface area contributed by atoms with Crippen molar-refractivity contribution in [2.24, 2.45) is 7.05 Å². The topological polar surface area (TPSA) is 62.7 Å². The van der Waals surface area contributed by atoms with Crippen molar-refractivity contribution in [1.82, 2.24) is 20.1 Å². The number of aromatic amines is 1. The fourth-order valence-corrected chi connectivity index (χ4v) is 3.93. The monoisotopic (exact) mass is 322 g/mol. The molecule has 24 heavy (non-hydrogen) atoms. The first-order chi connectivity index (χ1) is 11.6. The first-order valence-electron chi connectivity index (χ1n) is 8.50. The molecule has 5 nitrogen and oxygen atoms in total. The quantitative estimate of drug-likeness (QED) is 0.779. The van der Waals surface area contributed by atoms with Crippen molar-refractivity contribution in [2.75, 3.05) is 0 Å². The number of amides is 1. The second kappa shape index (κ2) is 5.82. The van der Waals surface area contributed by atoms with Crippen molar-refractivity contribution in [3.8, 4) is 0 Å². The molecule has 5 heteroatoms. The minimum absolute atomic E-state index is 0.0702. The minimum atomic E-state index is 0.0702. The molecule has 0 spiro atoms. The van der Waals surface area contributed by atoms with Gasteiger partial charge in [0.1, 0.15) is 0 Å². The molecule has 0 saturated carbocycles. The fraction of sp³-hybridized carbons (Fsp3) is 0.368. The van der Waals surface area contributed by atoms with Gasteiger partial charge in [0, 0.05) is 35.4 Å². The third-order valence-electron chi connectivity index (χ3n) is 5.01. The number of rotatable bonds is 3. The Kier molecular flexibility index (Phi) is 3.63. The summed E-state index contributed by atoms with van der Waals surface area (Å²) in [5, 5.41) is 8.87. The Balaban J connectivity index is 1.53. The van der Waals surface area contributed by atoms with Crippen LogP contribution in [0.25, 0.3) is 10.9 Å². The summed E-state index contributed by atoms with van der Waals surface area (Å²) < 4.78 is 1.96. The van der Waals surface area contributed by atoms with Gasteiger partial charge >= 0.3 is 0 Å². The average molecular weight is 322 g/mol. The molecule has 3 aromatic rings. The molecule has 1 aliphatic carbocycles. The molecule has 0 saturated heterocycles. The molecule has 2 heterocycles. The number of carbonyl (C=O) groups excluding carboxylic acids is 1. The zero-order valence-corrected chi connectivity index (χ0v) is 14.1. The molecule has 0 radical (unpaired) electrons. The Morgan fingerprint density at radius 1 is 1.42 bits per heavy atom. The van der Waals surface area contributed by atoms with E-state index in [0.717, 1.165) is 41.4 Å². The largest absolute Gasteiger partial charge is 0.361 e. The Labute approximate surface area is 141 Å². The van der Waals surface area contributed by atoms with Crippen LogP contribution in [-0.4, -0.2) is 20.7 Å². The van der Waals surface area contributed by atoms with E-state index < -0.39 is 0 Å². The zero-order chi connectivity index (χ0) is 16.7. The van der Waals surface area contributed by atoms with Crippen LogP contribution >= 0.6 is 0 Å². The third kappa shape index (κ3) is 2.50. The van der Waals surface area contributed by atoms with E-state index in [9.17, 15) is 4.79 Å². The fourth-order valence-electron chi connectivity index (χ4n) is 3.93. The molecular formula is C19H22N4O. The van der Waals surface area contributed by atoms with Gasteiger partial charge in [-0.05, 0) is 37.8 Å². The van der Waals surface area contributed by atoms with Crippen LogP contribution in [0.2, 0.25) is 0 Å². The lowest BCUT2D eigenvalue weighted by molar-refractivity contribution is -0.121. The smallest absolute Gasteiger partial charge is 0.224 e. The number of para-hydroxylation sites is 1. The highest BCUT2D eigenvalue weighted by molar-refractivity contribution is 5.89. The van der Waals surface area contributed by atoms with Crippen molar-refractivity contribution < 1.29 is 4.79 Å². The maximum atomic E-state index is 12.6. The predicted octanol–water partition coefficient (Wildman–Crippen LogP) is 2.95. The molecule has 2 N–H and O–H groups in total. The SMILES string of the molecule is Cc1nn(C)c2c1C(NC(=O)Cc1c[nH]c3ccccc13)CCC2. The van der Waals surface area contributed by atoms with Gasteiger partial charge in [-0.1, -0.05) is 18.2 Å². The molecular weight excluding hydrogens is 300 g/mol. The number of hydrogen-bond donors (Lipinski definition) is 2. The normalized spacial score (nSPS) is 17.0. The van der Waals surface area contributed by atoms with Crippen molar-refractivity contribution in [2.45, 2.75) is 38.6 Å². The Bertz CT molecular complexity index is 905. The minimum Gasteiger partial charge on any atom is -0.361 e. The van der Waals surface area contributed by atoms with Crippen LogP contribution in [0.1, 0.15) is 41.4 Å². The van der Waals surface area contributed by atoms with Crippen LogP contribution in [0.15, 0.2) is 30.5 Å². The van der Waals surface area contributed by atoms with E-state index >= 15 is 0 Å². The van der Waals surface area contributed by atoms with Crippen LogP contribution in [0.5, 0.6) is 0 Å². The van der Waals surface area contributed by atoms with Crippen molar-refractivity contribution >= 4 is 16.8 Å². The first kappa shape index (κ1) is 15.0. The summed E-state index contributed by atoms with van der Waals surface area (Å²) in [6.45, 7) is 2.03. The predicted molar refractivity (Wildman–Crippen MR) is 93.8 cm³/mol. The van der Waals surface area contributed by atoms with Crippen molar-refractivity contribution in [3.05, 3.63) is 53.0 Å². The summed E-state index contributed by atoms with van der Waals surface area (Å²) in [6, 6.07) is 8.17. The summed E-state index contributed by atoms with van der Waals surface area (Å²) in [4.78, 5) is 15.8. The number of nitrogens with one attached hydrogen (secondary N) is 2. The number of nitrogens with zero attached hydrogens (tertiary/aromatic N) is 2. The van der Waals surface area contributed by atoms with E-state index in [1.54, 1.807) is 0 Å². The van der Waals surface area contributed by atoms with Crippen molar-refractivity contribution in [1.29, 1.82) is 0 Å². The summed E-state index contributed by atoms with van der Waals surface area (Å²) in [5.41, 5.74) is 5.63. The zero-order valence-electron chi connectivity index (χ0n) is 14.1.